The van der Waals surface area contributed by atoms with E-state index in [1.165, 1.54) is 0 Å². The number of ether oxygens (including phenoxy) is 1. The van der Waals surface area contributed by atoms with Gasteiger partial charge in [0.2, 0.25) is 0 Å². The van der Waals surface area contributed by atoms with E-state index in [0.717, 1.165) is 16.7 Å². The van der Waals surface area contributed by atoms with Crippen molar-refractivity contribution in [2.45, 2.75) is 26.9 Å². The standard InChI is InChI=1S/C18H20N4O2/c1-11(2)24-16-8-6-5-7-15(16)20-18(23)13-9-14-12(3)21-22(4)17(14)19-10-13/h5-11H,1-4H3,(H,20,23). The van der Waals surface area contributed by atoms with Crippen LogP contribution in [0.5, 0.6) is 5.75 Å². The average molecular weight is 324 g/mol. The van der Waals surface area contributed by atoms with Gasteiger partial charge in [-0.1, -0.05) is 12.1 Å². The Hall–Kier alpha value is -2.89. The minimum atomic E-state index is -0.229. The zero-order chi connectivity index (χ0) is 17.3. The summed E-state index contributed by atoms with van der Waals surface area (Å²) in [4.78, 5) is 16.9. The quantitative estimate of drug-likeness (QED) is 0.799. The number of hydrogen-bond acceptors (Lipinski definition) is 4. The molecule has 0 aliphatic rings. The van der Waals surface area contributed by atoms with Crippen molar-refractivity contribution in [1.82, 2.24) is 14.8 Å². The molecule has 24 heavy (non-hydrogen) atoms. The third-order valence-corrected chi connectivity index (χ3v) is 3.62. The summed E-state index contributed by atoms with van der Waals surface area (Å²) >= 11 is 0. The van der Waals surface area contributed by atoms with E-state index in [2.05, 4.69) is 15.4 Å². The first-order chi connectivity index (χ1) is 11.5. The highest BCUT2D eigenvalue weighted by molar-refractivity contribution is 6.06. The second-order valence-corrected chi connectivity index (χ2v) is 5.92. The summed E-state index contributed by atoms with van der Waals surface area (Å²) in [7, 11) is 1.83. The van der Waals surface area contributed by atoms with Crippen LogP contribution in [0.25, 0.3) is 11.0 Å². The molecule has 0 spiro atoms. The van der Waals surface area contributed by atoms with Gasteiger partial charge in [-0.15, -0.1) is 0 Å². The first kappa shape index (κ1) is 16.0. The van der Waals surface area contributed by atoms with E-state index in [-0.39, 0.29) is 12.0 Å². The molecule has 2 heterocycles. The summed E-state index contributed by atoms with van der Waals surface area (Å²) in [5, 5.41) is 8.09. The van der Waals surface area contributed by atoms with Crippen LogP contribution in [-0.4, -0.2) is 26.8 Å². The van der Waals surface area contributed by atoms with E-state index in [1.54, 1.807) is 10.9 Å². The number of pyridine rings is 1. The Bertz CT molecular complexity index is 899. The van der Waals surface area contributed by atoms with Crippen LogP contribution in [0.2, 0.25) is 0 Å². The predicted octanol–water partition coefficient (Wildman–Crippen LogP) is 3.32. The Labute approximate surface area is 140 Å². The molecule has 3 aromatic rings. The predicted molar refractivity (Wildman–Crippen MR) is 93.4 cm³/mol. The molecule has 2 aromatic heterocycles. The molecule has 3 rings (SSSR count). The number of fused-ring (bicyclic) bond motifs is 1. The first-order valence-electron chi connectivity index (χ1n) is 7.82. The lowest BCUT2D eigenvalue weighted by atomic mass is 10.2. The van der Waals surface area contributed by atoms with Crippen LogP contribution in [0.1, 0.15) is 29.9 Å². The fourth-order valence-electron chi connectivity index (χ4n) is 2.55. The van der Waals surface area contributed by atoms with Crippen LogP contribution in [0.15, 0.2) is 36.5 Å². The van der Waals surface area contributed by atoms with Crippen LogP contribution in [0.4, 0.5) is 5.69 Å². The van der Waals surface area contributed by atoms with Crippen LogP contribution in [0.3, 0.4) is 0 Å². The number of aromatic nitrogens is 3. The van der Waals surface area contributed by atoms with Gasteiger partial charge in [-0.2, -0.15) is 5.10 Å². The largest absolute Gasteiger partial charge is 0.489 e. The van der Waals surface area contributed by atoms with Crippen molar-refractivity contribution in [3.8, 4) is 5.75 Å². The van der Waals surface area contributed by atoms with E-state index in [4.69, 9.17) is 4.74 Å². The van der Waals surface area contributed by atoms with E-state index in [1.807, 2.05) is 58.2 Å². The number of aryl methyl sites for hydroxylation is 2. The molecule has 0 aliphatic carbocycles. The summed E-state index contributed by atoms with van der Waals surface area (Å²) < 4.78 is 7.44. The Balaban J connectivity index is 1.89. The lowest BCUT2D eigenvalue weighted by molar-refractivity contribution is 0.102. The highest BCUT2D eigenvalue weighted by atomic mass is 16.5. The molecule has 124 valence electrons. The SMILES string of the molecule is Cc1nn(C)c2ncc(C(=O)Nc3ccccc3OC(C)C)cc12. The Morgan fingerprint density at radius 3 is 2.79 bits per heavy atom. The number of benzene rings is 1. The minimum Gasteiger partial charge on any atom is -0.489 e. The minimum absolute atomic E-state index is 0.0270. The van der Waals surface area contributed by atoms with Crippen molar-refractivity contribution < 1.29 is 9.53 Å². The van der Waals surface area contributed by atoms with E-state index in [9.17, 15) is 4.79 Å². The molecule has 0 saturated heterocycles. The van der Waals surface area contributed by atoms with E-state index < -0.39 is 0 Å². The topological polar surface area (TPSA) is 69.0 Å². The summed E-state index contributed by atoms with van der Waals surface area (Å²) in [5.41, 5.74) is 2.72. The number of para-hydroxylation sites is 2. The molecule has 0 saturated carbocycles. The van der Waals surface area contributed by atoms with Crippen molar-refractivity contribution in [2.24, 2.45) is 7.05 Å². The summed E-state index contributed by atoms with van der Waals surface area (Å²) in [5.74, 6) is 0.417. The number of carbonyl (C=O) groups excluding carboxylic acids is 1. The number of rotatable bonds is 4. The number of nitrogens with zero attached hydrogens (tertiary/aromatic N) is 3. The molecule has 6 nitrogen and oxygen atoms in total. The Morgan fingerprint density at radius 1 is 1.29 bits per heavy atom. The molecule has 6 heteroatoms. The number of nitrogens with one attached hydrogen (secondary N) is 1. The monoisotopic (exact) mass is 324 g/mol. The summed E-state index contributed by atoms with van der Waals surface area (Å²) in [6.07, 6.45) is 1.59. The van der Waals surface area contributed by atoms with Crippen molar-refractivity contribution in [3.05, 3.63) is 47.8 Å². The fourth-order valence-corrected chi connectivity index (χ4v) is 2.55. The van der Waals surface area contributed by atoms with Crippen LogP contribution in [0, 0.1) is 6.92 Å². The van der Waals surface area contributed by atoms with Gasteiger partial charge in [0.15, 0.2) is 5.65 Å². The van der Waals surface area contributed by atoms with Gasteiger partial charge in [-0.05, 0) is 39.0 Å². The molecule has 0 bridgehead atoms. The molecular weight excluding hydrogens is 304 g/mol. The van der Waals surface area contributed by atoms with Gasteiger partial charge in [0.05, 0.1) is 23.0 Å². The Morgan fingerprint density at radius 2 is 2.04 bits per heavy atom. The second kappa shape index (κ2) is 6.31. The molecule has 1 aromatic carbocycles. The van der Waals surface area contributed by atoms with Crippen molar-refractivity contribution in [1.29, 1.82) is 0 Å². The maximum atomic E-state index is 12.6. The highest BCUT2D eigenvalue weighted by Crippen LogP contribution is 2.26. The van der Waals surface area contributed by atoms with Crippen molar-refractivity contribution >= 4 is 22.6 Å². The molecular formula is C18H20N4O2. The van der Waals surface area contributed by atoms with Crippen LogP contribution >= 0.6 is 0 Å². The fraction of sp³-hybridized carbons (Fsp3) is 0.278. The normalized spacial score (nSPS) is 11.0. The number of amides is 1. The zero-order valence-corrected chi connectivity index (χ0v) is 14.2. The Kier molecular flexibility index (Phi) is 4.20. The van der Waals surface area contributed by atoms with Gasteiger partial charge in [-0.3, -0.25) is 9.48 Å². The summed E-state index contributed by atoms with van der Waals surface area (Å²) in [6, 6.07) is 9.20. The van der Waals surface area contributed by atoms with E-state index in [0.29, 0.717) is 17.0 Å². The van der Waals surface area contributed by atoms with Crippen LogP contribution < -0.4 is 10.1 Å². The third kappa shape index (κ3) is 3.08. The molecule has 1 amide bonds. The maximum Gasteiger partial charge on any atom is 0.257 e. The average Bonchev–Trinajstić information content (AvgIpc) is 2.83. The highest BCUT2D eigenvalue weighted by Gasteiger charge is 2.14. The lowest BCUT2D eigenvalue weighted by Gasteiger charge is -2.14. The van der Waals surface area contributed by atoms with Gasteiger partial charge in [0.1, 0.15) is 5.75 Å². The van der Waals surface area contributed by atoms with Gasteiger partial charge in [0.25, 0.3) is 5.91 Å². The van der Waals surface area contributed by atoms with Crippen molar-refractivity contribution in [3.63, 3.8) is 0 Å². The molecule has 0 aliphatic heterocycles. The smallest absolute Gasteiger partial charge is 0.257 e. The summed E-state index contributed by atoms with van der Waals surface area (Å²) in [6.45, 7) is 5.79. The maximum absolute atomic E-state index is 12.6. The second-order valence-electron chi connectivity index (χ2n) is 5.92. The molecule has 0 atom stereocenters. The zero-order valence-electron chi connectivity index (χ0n) is 14.2. The molecule has 0 radical (unpaired) electrons. The lowest BCUT2D eigenvalue weighted by Crippen LogP contribution is -2.14. The number of anilines is 1. The number of carbonyl (C=O) groups is 1. The van der Waals surface area contributed by atoms with Gasteiger partial charge < -0.3 is 10.1 Å². The first-order valence-corrected chi connectivity index (χ1v) is 7.82. The molecule has 0 fully saturated rings. The number of hydrogen-bond donors (Lipinski definition) is 1. The molecule has 1 N–H and O–H groups in total. The third-order valence-electron chi connectivity index (χ3n) is 3.62. The van der Waals surface area contributed by atoms with E-state index >= 15 is 0 Å². The van der Waals surface area contributed by atoms with Crippen molar-refractivity contribution in [2.75, 3.05) is 5.32 Å². The van der Waals surface area contributed by atoms with Gasteiger partial charge >= 0.3 is 0 Å². The van der Waals surface area contributed by atoms with Gasteiger partial charge in [-0.25, -0.2) is 4.98 Å². The van der Waals surface area contributed by atoms with Gasteiger partial charge in [0, 0.05) is 18.6 Å². The molecule has 0 unspecified atom stereocenters. The van der Waals surface area contributed by atoms with Crippen LogP contribution in [-0.2, 0) is 7.05 Å².